The Balaban J connectivity index is 2.18. The summed E-state index contributed by atoms with van der Waals surface area (Å²) in [6.07, 6.45) is 3.22. The van der Waals surface area contributed by atoms with E-state index in [9.17, 15) is 18.0 Å². The van der Waals surface area contributed by atoms with Gasteiger partial charge in [0.1, 0.15) is 5.82 Å². The first-order valence-corrected chi connectivity index (χ1v) is 5.25. The number of carbonyl (C=O) groups excluding carboxylic acids is 1. The van der Waals surface area contributed by atoms with Crippen LogP contribution in [0.5, 0.6) is 0 Å². The van der Waals surface area contributed by atoms with E-state index in [0.717, 1.165) is 19.3 Å². The van der Waals surface area contributed by atoms with Crippen molar-refractivity contribution in [3.05, 3.63) is 35.1 Å². The van der Waals surface area contributed by atoms with E-state index in [2.05, 4.69) is 0 Å². The van der Waals surface area contributed by atoms with Crippen LogP contribution in [0.3, 0.4) is 0 Å². The molecule has 0 bridgehead atoms. The molecule has 0 spiro atoms. The van der Waals surface area contributed by atoms with E-state index in [1.807, 2.05) is 0 Å². The highest BCUT2D eigenvalue weighted by molar-refractivity contribution is 5.96. The lowest BCUT2D eigenvalue weighted by Gasteiger charge is -2.24. The van der Waals surface area contributed by atoms with Crippen LogP contribution in [0.4, 0.5) is 13.2 Å². The van der Waals surface area contributed by atoms with Gasteiger partial charge in [-0.3, -0.25) is 4.79 Å². The van der Waals surface area contributed by atoms with Crippen molar-refractivity contribution in [2.75, 3.05) is 0 Å². The molecule has 0 saturated heterocycles. The molecule has 2 rings (SSSR count). The molecule has 86 valence electrons. The van der Waals surface area contributed by atoms with Gasteiger partial charge >= 0.3 is 0 Å². The first-order valence-electron chi connectivity index (χ1n) is 5.25. The number of Topliss-reactive ketones (excluding diaryl/α,β-unsaturated/α-hetero) is 1. The second-order valence-corrected chi connectivity index (χ2v) is 4.17. The maximum Gasteiger partial charge on any atom is 0.166 e. The molecule has 1 aliphatic carbocycles. The number of rotatable bonds is 3. The molecule has 0 radical (unpaired) electrons. The van der Waals surface area contributed by atoms with Crippen molar-refractivity contribution in [3.63, 3.8) is 0 Å². The zero-order chi connectivity index (χ0) is 11.7. The van der Waals surface area contributed by atoms with Gasteiger partial charge in [-0.15, -0.1) is 0 Å². The number of hydrogen-bond donors (Lipinski definition) is 0. The molecule has 0 aliphatic heterocycles. The van der Waals surface area contributed by atoms with Crippen LogP contribution in [0.1, 0.15) is 36.0 Å². The van der Waals surface area contributed by atoms with Gasteiger partial charge in [0.05, 0.1) is 5.56 Å². The van der Waals surface area contributed by atoms with Crippen LogP contribution in [0, 0.1) is 23.4 Å². The Labute approximate surface area is 91.3 Å². The monoisotopic (exact) mass is 228 g/mol. The van der Waals surface area contributed by atoms with Crippen LogP contribution in [0.25, 0.3) is 0 Å². The van der Waals surface area contributed by atoms with Gasteiger partial charge in [-0.1, -0.05) is 19.3 Å². The lowest BCUT2D eigenvalue weighted by molar-refractivity contribution is 0.0932. The van der Waals surface area contributed by atoms with Crippen LogP contribution in [-0.4, -0.2) is 5.78 Å². The fourth-order valence-electron chi connectivity index (χ4n) is 1.81. The van der Waals surface area contributed by atoms with Crippen molar-refractivity contribution >= 4 is 5.78 Å². The molecule has 16 heavy (non-hydrogen) atoms. The molecular weight excluding hydrogens is 217 g/mol. The van der Waals surface area contributed by atoms with E-state index in [-0.39, 0.29) is 17.9 Å². The number of carbonyl (C=O) groups is 1. The molecular formula is C12H11F3O. The largest absolute Gasteiger partial charge is 0.294 e. The van der Waals surface area contributed by atoms with E-state index in [1.54, 1.807) is 0 Å². The van der Waals surface area contributed by atoms with Crippen LogP contribution in [0.15, 0.2) is 12.1 Å². The molecule has 0 aromatic heterocycles. The summed E-state index contributed by atoms with van der Waals surface area (Å²) in [6, 6.07) is 1.06. The number of benzene rings is 1. The van der Waals surface area contributed by atoms with E-state index < -0.39 is 23.2 Å². The van der Waals surface area contributed by atoms with E-state index >= 15 is 0 Å². The van der Waals surface area contributed by atoms with E-state index in [4.69, 9.17) is 0 Å². The van der Waals surface area contributed by atoms with Gasteiger partial charge in [0, 0.05) is 12.5 Å². The Kier molecular flexibility index (Phi) is 2.99. The van der Waals surface area contributed by atoms with Crippen molar-refractivity contribution in [3.8, 4) is 0 Å². The average Bonchev–Trinajstić information content (AvgIpc) is 2.17. The predicted octanol–water partition coefficient (Wildman–Crippen LogP) is 3.48. The van der Waals surface area contributed by atoms with Crippen LogP contribution < -0.4 is 0 Å². The topological polar surface area (TPSA) is 17.1 Å². The molecule has 1 aromatic rings. The summed E-state index contributed by atoms with van der Waals surface area (Å²) in [5, 5.41) is 0. The third-order valence-corrected chi connectivity index (χ3v) is 3.01. The van der Waals surface area contributed by atoms with Crippen molar-refractivity contribution in [1.29, 1.82) is 0 Å². The zero-order valence-electron chi connectivity index (χ0n) is 8.60. The van der Waals surface area contributed by atoms with Gasteiger partial charge in [0.2, 0.25) is 0 Å². The maximum absolute atomic E-state index is 13.2. The lowest BCUT2D eigenvalue weighted by atomic mass is 9.81. The average molecular weight is 228 g/mol. The standard InChI is InChI=1S/C12H11F3O/c13-9-6-11(15)10(14)5-8(9)12(16)4-7-2-1-3-7/h5-7H,1-4H2. The minimum atomic E-state index is -1.27. The van der Waals surface area contributed by atoms with Crippen molar-refractivity contribution in [2.45, 2.75) is 25.7 Å². The Morgan fingerprint density at radius 3 is 2.31 bits per heavy atom. The number of halogens is 3. The number of ketones is 1. The normalized spacial score (nSPS) is 15.9. The Bertz CT molecular complexity index is 425. The van der Waals surface area contributed by atoms with Gasteiger partial charge in [-0.05, 0) is 12.0 Å². The van der Waals surface area contributed by atoms with Gasteiger partial charge in [-0.2, -0.15) is 0 Å². The molecule has 0 heterocycles. The molecule has 0 unspecified atom stereocenters. The third kappa shape index (κ3) is 2.10. The summed E-state index contributed by atoms with van der Waals surface area (Å²) in [6.45, 7) is 0. The van der Waals surface area contributed by atoms with Crippen LogP contribution in [-0.2, 0) is 0 Å². The Hall–Kier alpha value is -1.32. The SMILES string of the molecule is O=C(CC1CCC1)c1cc(F)c(F)cc1F. The van der Waals surface area contributed by atoms with Crippen molar-refractivity contribution in [1.82, 2.24) is 0 Å². The highest BCUT2D eigenvalue weighted by Crippen LogP contribution is 2.31. The predicted molar refractivity (Wildman–Crippen MR) is 52.6 cm³/mol. The van der Waals surface area contributed by atoms with Gasteiger partial charge < -0.3 is 0 Å². The van der Waals surface area contributed by atoms with Gasteiger partial charge in [-0.25, -0.2) is 13.2 Å². The quantitative estimate of drug-likeness (QED) is 0.571. The fraction of sp³-hybridized carbons (Fsp3) is 0.417. The smallest absolute Gasteiger partial charge is 0.166 e. The molecule has 1 nitrogen and oxygen atoms in total. The minimum absolute atomic E-state index is 0.224. The molecule has 0 amide bonds. The summed E-state index contributed by atoms with van der Waals surface area (Å²) in [5.41, 5.74) is -0.342. The van der Waals surface area contributed by atoms with Crippen LogP contribution >= 0.6 is 0 Å². The molecule has 1 saturated carbocycles. The molecule has 1 aliphatic rings. The second kappa shape index (κ2) is 4.28. The van der Waals surface area contributed by atoms with Gasteiger partial charge in [0.15, 0.2) is 17.4 Å². The maximum atomic E-state index is 13.2. The first kappa shape index (κ1) is 11.2. The zero-order valence-corrected chi connectivity index (χ0v) is 8.60. The molecule has 4 heteroatoms. The first-order chi connectivity index (χ1) is 7.58. The fourth-order valence-corrected chi connectivity index (χ4v) is 1.81. The van der Waals surface area contributed by atoms with Crippen molar-refractivity contribution in [2.24, 2.45) is 5.92 Å². The number of hydrogen-bond acceptors (Lipinski definition) is 1. The Morgan fingerprint density at radius 2 is 1.75 bits per heavy atom. The molecule has 1 fully saturated rings. The lowest BCUT2D eigenvalue weighted by Crippen LogP contribution is -2.17. The molecule has 0 atom stereocenters. The van der Waals surface area contributed by atoms with Crippen molar-refractivity contribution < 1.29 is 18.0 Å². The van der Waals surface area contributed by atoms with E-state index in [1.165, 1.54) is 0 Å². The van der Waals surface area contributed by atoms with Gasteiger partial charge in [0.25, 0.3) is 0 Å². The highest BCUT2D eigenvalue weighted by atomic mass is 19.2. The minimum Gasteiger partial charge on any atom is -0.294 e. The van der Waals surface area contributed by atoms with Crippen LogP contribution in [0.2, 0.25) is 0 Å². The summed E-state index contributed by atoms with van der Waals surface area (Å²) >= 11 is 0. The second-order valence-electron chi connectivity index (χ2n) is 4.17. The Morgan fingerprint density at radius 1 is 1.12 bits per heavy atom. The summed E-state index contributed by atoms with van der Waals surface area (Å²) in [5.74, 6) is -3.60. The summed E-state index contributed by atoms with van der Waals surface area (Å²) in [7, 11) is 0. The highest BCUT2D eigenvalue weighted by Gasteiger charge is 2.23. The summed E-state index contributed by atoms with van der Waals surface area (Å²) in [4.78, 5) is 11.6. The summed E-state index contributed by atoms with van der Waals surface area (Å²) < 4.78 is 38.7. The van der Waals surface area contributed by atoms with E-state index in [0.29, 0.717) is 12.1 Å². The molecule has 1 aromatic carbocycles. The molecule has 0 N–H and O–H groups in total. The third-order valence-electron chi connectivity index (χ3n) is 3.01.